The maximum Gasteiger partial charge on any atom is 0.409 e. The summed E-state index contributed by atoms with van der Waals surface area (Å²) < 4.78 is 24.1. The van der Waals surface area contributed by atoms with Gasteiger partial charge >= 0.3 is 6.09 Å². The number of likely N-dealkylation sites (tertiary alicyclic amines) is 1. The van der Waals surface area contributed by atoms with E-state index in [0.717, 1.165) is 11.4 Å². The van der Waals surface area contributed by atoms with Gasteiger partial charge in [0, 0.05) is 56.4 Å². The van der Waals surface area contributed by atoms with Crippen molar-refractivity contribution in [3.8, 4) is 5.75 Å². The van der Waals surface area contributed by atoms with Crippen LogP contribution < -0.4 is 4.74 Å². The molecule has 198 valence electrons. The maximum absolute atomic E-state index is 14.1. The third-order valence-electron chi connectivity index (χ3n) is 6.95. The second kappa shape index (κ2) is 11.6. The topological polar surface area (TPSA) is 92.3 Å². The van der Waals surface area contributed by atoms with Crippen molar-refractivity contribution >= 4 is 17.9 Å². The first-order valence-corrected chi connectivity index (χ1v) is 12.6. The number of piperazine rings is 1. The molecule has 0 N–H and O–H groups in total. The number of rotatable bonds is 5. The molecule has 1 aromatic carbocycles. The van der Waals surface area contributed by atoms with E-state index in [1.807, 2.05) is 19.1 Å². The van der Waals surface area contributed by atoms with Crippen LogP contribution in [0.1, 0.15) is 57.8 Å². The van der Waals surface area contributed by atoms with Crippen molar-refractivity contribution in [2.75, 3.05) is 53.0 Å². The summed E-state index contributed by atoms with van der Waals surface area (Å²) in [6.45, 7) is 6.65. The van der Waals surface area contributed by atoms with Gasteiger partial charge in [0.2, 0.25) is 0 Å². The van der Waals surface area contributed by atoms with Crippen molar-refractivity contribution in [3.63, 3.8) is 0 Å². The molecule has 0 unspecified atom stereocenters. The molecule has 2 aliphatic heterocycles. The van der Waals surface area contributed by atoms with Crippen LogP contribution in [0.4, 0.5) is 9.18 Å². The summed E-state index contributed by atoms with van der Waals surface area (Å²) in [5, 5.41) is 0. The Balaban J connectivity index is 1.42. The second-order valence-electron chi connectivity index (χ2n) is 9.28. The fraction of sp³-hybridized carbons (Fsp3) is 0.481. The fourth-order valence-corrected chi connectivity index (χ4v) is 4.88. The highest BCUT2D eigenvalue weighted by Gasteiger charge is 2.31. The summed E-state index contributed by atoms with van der Waals surface area (Å²) in [5.41, 5.74) is 2.42. The van der Waals surface area contributed by atoms with Gasteiger partial charge in [-0.05, 0) is 57.0 Å². The average Bonchev–Trinajstić information content (AvgIpc) is 2.92. The highest BCUT2D eigenvalue weighted by molar-refractivity contribution is 5.96. The van der Waals surface area contributed by atoms with Gasteiger partial charge in [0.05, 0.1) is 25.0 Å². The third kappa shape index (κ3) is 5.84. The van der Waals surface area contributed by atoms with Crippen LogP contribution in [0.3, 0.4) is 0 Å². The predicted octanol–water partition coefficient (Wildman–Crippen LogP) is 3.47. The summed E-state index contributed by atoms with van der Waals surface area (Å²) in [6, 6.07) is 7.89. The van der Waals surface area contributed by atoms with Crippen molar-refractivity contribution in [3.05, 3.63) is 58.7 Å². The number of hydrogen-bond acceptors (Lipinski definition) is 6. The molecule has 2 aromatic rings. The largest absolute Gasteiger partial charge is 0.494 e. The van der Waals surface area contributed by atoms with E-state index in [2.05, 4.69) is 0 Å². The number of hydrogen-bond donors (Lipinski definition) is 0. The molecule has 10 heteroatoms. The van der Waals surface area contributed by atoms with Crippen LogP contribution in [0.2, 0.25) is 0 Å². The van der Waals surface area contributed by atoms with Crippen LogP contribution >= 0.6 is 0 Å². The Kier molecular flexibility index (Phi) is 8.25. The van der Waals surface area contributed by atoms with Crippen LogP contribution in [0.25, 0.3) is 0 Å². The second-order valence-corrected chi connectivity index (χ2v) is 9.28. The van der Waals surface area contributed by atoms with Gasteiger partial charge in [-0.15, -0.1) is 0 Å². The molecule has 2 saturated heterocycles. The Bertz CT molecular complexity index is 1160. The Morgan fingerprint density at radius 1 is 0.946 bits per heavy atom. The van der Waals surface area contributed by atoms with E-state index in [1.165, 1.54) is 19.2 Å². The molecule has 1 aromatic heterocycles. The van der Waals surface area contributed by atoms with E-state index in [-0.39, 0.29) is 35.1 Å². The lowest BCUT2D eigenvalue weighted by atomic mass is 9.89. The van der Waals surface area contributed by atoms with Crippen LogP contribution in [0.5, 0.6) is 5.75 Å². The molecule has 0 atom stereocenters. The number of nitrogens with zero attached hydrogens (tertiary/aromatic N) is 4. The number of halogens is 1. The molecule has 37 heavy (non-hydrogen) atoms. The Morgan fingerprint density at radius 3 is 2.22 bits per heavy atom. The minimum absolute atomic E-state index is 0.0244. The van der Waals surface area contributed by atoms with Gasteiger partial charge in [0.1, 0.15) is 0 Å². The number of carbonyl (C=O) groups is 3. The van der Waals surface area contributed by atoms with Gasteiger partial charge in [0.25, 0.3) is 11.8 Å². The zero-order chi connectivity index (χ0) is 26.5. The van der Waals surface area contributed by atoms with E-state index >= 15 is 0 Å². The zero-order valence-corrected chi connectivity index (χ0v) is 21.5. The minimum Gasteiger partial charge on any atom is -0.494 e. The molecule has 0 spiro atoms. The summed E-state index contributed by atoms with van der Waals surface area (Å²) >= 11 is 0. The smallest absolute Gasteiger partial charge is 0.409 e. The molecule has 3 heterocycles. The number of methoxy groups -OCH3 is 1. The third-order valence-corrected chi connectivity index (χ3v) is 6.95. The van der Waals surface area contributed by atoms with Crippen LogP contribution in [0, 0.1) is 12.7 Å². The minimum atomic E-state index is -0.571. The van der Waals surface area contributed by atoms with Gasteiger partial charge in [-0.3, -0.25) is 14.6 Å². The highest BCUT2D eigenvalue weighted by Crippen LogP contribution is 2.31. The summed E-state index contributed by atoms with van der Waals surface area (Å²) in [5.74, 6) is -0.777. The quantitative estimate of drug-likeness (QED) is 0.609. The first kappa shape index (κ1) is 26.4. The van der Waals surface area contributed by atoms with Crippen molar-refractivity contribution in [1.82, 2.24) is 19.7 Å². The van der Waals surface area contributed by atoms with Crippen LogP contribution in [0.15, 0.2) is 30.3 Å². The lowest BCUT2D eigenvalue weighted by Crippen LogP contribution is -2.51. The number of carbonyl (C=O) groups excluding carboxylic acids is 3. The Labute approximate surface area is 216 Å². The predicted molar refractivity (Wildman–Crippen MR) is 134 cm³/mol. The van der Waals surface area contributed by atoms with Crippen molar-refractivity contribution < 1.29 is 28.2 Å². The van der Waals surface area contributed by atoms with Crippen molar-refractivity contribution in [2.24, 2.45) is 0 Å². The van der Waals surface area contributed by atoms with E-state index in [1.54, 1.807) is 27.7 Å². The lowest BCUT2D eigenvalue weighted by molar-refractivity contribution is 0.0567. The number of pyridine rings is 1. The van der Waals surface area contributed by atoms with Gasteiger partial charge in [-0.25, -0.2) is 9.18 Å². The molecule has 0 bridgehead atoms. The first-order chi connectivity index (χ1) is 17.8. The van der Waals surface area contributed by atoms with E-state index in [9.17, 15) is 18.8 Å². The lowest BCUT2D eigenvalue weighted by Gasteiger charge is -2.35. The zero-order valence-electron chi connectivity index (χ0n) is 21.5. The monoisotopic (exact) mass is 512 g/mol. The molecule has 0 aliphatic carbocycles. The summed E-state index contributed by atoms with van der Waals surface area (Å²) in [4.78, 5) is 48.2. The first-order valence-electron chi connectivity index (χ1n) is 12.6. The molecule has 3 amide bonds. The molecular formula is C27H33FN4O5. The van der Waals surface area contributed by atoms with Crippen LogP contribution in [-0.2, 0) is 4.74 Å². The molecule has 0 saturated carbocycles. The van der Waals surface area contributed by atoms with Crippen molar-refractivity contribution in [1.29, 1.82) is 0 Å². The normalized spacial score (nSPS) is 16.5. The maximum atomic E-state index is 14.1. The van der Waals surface area contributed by atoms with E-state index in [0.29, 0.717) is 64.3 Å². The summed E-state index contributed by atoms with van der Waals surface area (Å²) in [6.07, 6.45) is 0.946. The molecule has 0 radical (unpaired) electrons. The van der Waals surface area contributed by atoms with Crippen LogP contribution in [-0.4, -0.2) is 90.6 Å². The Hall–Kier alpha value is -3.69. The van der Waals surface area contributed by atoms with Gasteiger partial charge < -0.3 is 24.2 Å². The standard InChI is InChI=1S/C27H33FN4O5/c1-4-37-27(35)32-15-13-31(14-16-32)26(34)21-7-5-18(2)29-24(21)19-9-11-30(12-10-19)25(33)20-6-8-23(36-3)22(28)17-20/h5-8,17,19H,4,9-16H2,1-3H3. The Morgan fingerprint density at radius 2 is 1.59 bits per heavy atom. The number of aromatic nitrogens is 1. The fourth-order valence-electron chi connectivity index (χ4n) is 4.88. The van der Waals surface area contributed by atoms with Gasteiger partial charge in [-0.2, -0.15) is 0 Å². The molecular weight excluding hydrogens is 479 g/mol. The summed E-state index contributed by atoms with van der Waals surface area (Å²) in [7, 11) is 1.38. The number of benzene rings is 1. The molecule has 2 fully saturated rings. The molecule has 4 rings (SSSR count). The van der Waals surface area contributed by atoms with E-state index in [4.69, 9.17) is 14.5 Å². The van der Waals surface area contributed by atoms with Gasteiger partial charge in [-0.1, -0.05) is 0 Å². The molecule has 2 aliphatic rings. The molecule has 9 nitrogen and oxygen atoms in total. The SMILES string of the molecule is CCOC(=O)N1CCN(C(=O)c2ccc(C)nc2C2CCN(C(=O)c3ccc(OC)c(F)c3)CC2)CC1. The average molecular weight is 513 g/mol. The highest BCUT2D eigenvalue weighted by atomic mass is 19.1. The van der Waals surface area contributed by atoms with E-state index < -0.39 is 5.82 Å². The number of amides is 3. The number of ether oxygens (including phenoxy) is 2. The van der Waals surface area contributed by atoms with Crippen molar-refractivity contribution in [2.45, 2.75) is 32.6 Å². The number of aryl methyl sites for hydroxylation is 1. The number of piperidine rings is 1. The van der Waals surface area contributed by atoms with Gasteiger partial charge in [0.15, 0.2) is 11.6 Å².